The van der Waals surface area contributed by atoms with Crippen molar-refractivity contribution in [2.45, 2.75) is 32.6 Å². The first-order valence-electron chi connectivity index (χ1n) is 9.81. The molecule has 1 unspecified atom stereocenters. The molecule has 13 heteroatoms. The molecule has 0 saturated heterocycles. The van der Waals surface area contributed by atoms with E-state index in [1.807, 2.05) is 0 Å². The molecular formula is C20H18F4N6O2S. The van der Waals surface area contributed by atoms with Crippen molar-refractivity contribution in [2.75, 3.05) is 18.5 Å². The number of carbonyl (C=O) groups excluding carboxylic acids is 2. The molecular weight excluding hydrogens is 464 g/mol. The van der Waals surface area contributed by atoms with Crippen LogP contribution in [0.2, 0.25) is 0 Å². The largest absolute Gasteiger partial charge is 0.471 e. The average molecular weight is 482 g/mol. The van der Waals surface area contributed by atoms with Crippen LogP contribution in [0.3, 0.4) is 0 Å². The Morgan fingerprint density at radius 1 is 1.15 bits per heavy atom. The number of rotatable bonds is 3. The van der Waals surface area contributed by atoms with Crippen LogP contribution in [0.5, 0.6) is 0 Å². The number of halogens is 4. The molecule has 0 saturated carbocycles. The normalized spacial score (nSPS) is 16.0. The Morgan fingerprint density at radius 2 is 1.82 bits per heavy atom. The van der Waals surface area contributed by atoms with Crippen molar-refractivity contribution in [3.05, 3.63) is 47.2 Å². The molecule has 0 radical (unpaired) electrons. The number of imidazole rings is 1. The van der Waals surface area contributed by atoms with Crippen molar-refractivity contribution >= 4 is 29.2 Å². The molecule has 3 aromatic rings. The van der Waals surface area contributed by atoms with Crippen molar-refractivity contribution in [3.63, 3.8) is 0 Å². The SMILES string of the molecule is Cc1nsc(-c2nc(N(C)C(=O)C(F)(F)F)c3n2CCN(C(=O)c2ccc(F)cc2)C3C)n1. The highest BCUT2D eigenvalue weighted by Gasteiger charge is 2.45. The van der Waals surface area contributed by atoms with E-state index in [1.165, 1.54) is 17.0 Å². The molecule has 33 heavy (non-hydrogen) atoms. The van der Waals surface area contributed by atoms with Crippen molar-refractivity contribution in [1.82, 2.24) is 23.8 Å². The van der Waals surface area contributed by atoms with Gasteiger partial charge in [0.05, 0.1) is 11.7 Å². The van der Waals surface area contributed by atoms with Crippen LogP contribution in [0.4, 0.5) is 23.4 Å². The Balaban J connectivity index is 1.80. The van der Waals surface area contributed by atoms with Crippen LogP contribution in [0, 0.1) is 12.7 Å². The maximum absolute atomic E-state index is 13.3. The van der Waals surface area contributed by atoms with Gasteiger partial charge in [0, 0.05) is 25.7 Å². The number of amides is 2. The predicted octanol–water partition coefficient (Wildman–Crippen LogP) is 3.59. The fraction of sp³-hybridized carbons (Fsp3) is 0.350. The van der Waals surface area contributed by atoms with E-state index in [9.17, 15) is 27.2 Å². The van der Waals surface area contributed by atoms with Gasteiger partial charge in [-0.1, -0.05) is 0 Å². The Hall–Kier alpha value is -3.35. The molecule has 3 heterocycles. The van der Waals surface area contributed by atoms with E-state index < -0.39 is 29.8 Å². The Morgan fingerprint density at radius 3 is 2.39 bits per heavy atom. The summed E-state index contributed by atoms with van der Waals surface area (Å²) < 4.78 is 58.5. The lowest BCUT2D eigenvalue weighted by atomic mass is 10.1. The first-order chi connectivity index (χ1) is 15.5. The summed E-state index contributed by atoms with van der Waals surface area (Å²) >= 11 is 1.03. The second-order valence-corrected chi connectivity index (χ2v) is 8.24. The lowest BCUT2D eigenvalue weighted by Crippen LogP contribution is -2.43. The molecule has 2 amide bonds. The molecule has 0 bridgehead atoms. The standard InChI is InChI=1S/C20H18F4N6O2S/c1-10-14-15(28(3)19(32)20(22,23)24)26-16(17-25-11(2)27-33-17)30(14)9-8-29(10)18(31)12-4-6-13(21)7-5-12/h4-7,10H,8-9H2,1-3H3. The second-order valence-electron chi connectivity index (χ2n) is 7.49. The van der Waals surface area contributed by atoms with Crippen LogP contribution in [0.25, 0.3) is 10.8 Å². The lowest BCUT2D eigenvalue weighted by Gasteiger charge is -2.36. The van der Waals surface area contributed by atoms with E-state index in [4.69, 9.17) is 0 Å². The van der Waals surface area contributed by atoms with Crippen LogP contribution in [0.1, 0.15) is 34.8 Å². The zero-order chi connectivity index (χ0) is 24.1. The quantitative estimate of drug-likeness (QED) is 0.533. The Kier molecular flexibility index (Phi) is 5.68. The zero-order valence-corrected chi connectivity index (χ0v) is 18.5. The second kappa shape index (κ2) is 8.21. The van der Waals surface area contributed by atoms with Gasteiger partial charge < -0.3 is 9.47 Å². The fourth-order valence-electron chi connectivity index (χ4n) is 3.76. The van der Waals surface area contributed by atoms with Crippen LogP contribution >= 0.6 is 11.5 Å². The molecule has 1 aromatic carbocycles. The fourth-order valence-corrected chi connectivity index (χ4v) is 4.43. The van der Waals surface area contributed by atoms with E-state index >= 15 is 0 Å². The van der Waals surface area contributed by atoms with E-state index in [0.717, 1.165) is 30.7 Å². The van der Waals surface area contributed by atoms with Crippen molar-refractivity contribution < 1.29 is 27.2 Å². The van der Waals surface area contributed by atoms with E-state index in [-0.39, 0.29) is 36.0 Å². The van der Waals surface area contributed by atoms with Gasteiger partial charge in [-0.15, -0.1) is 0 Å². The van der Waals surface area contributed by atoms with Gasteiger partial charge in [0.1, 0.15) is 11.6 Å². The highest BCUT2D eigenvalue weighted by Crippen LogP contribution is 2.39. The molecule has 0 N–H and O–H groups in total. The minimum absolute atomic E-state index is 0.210. The summed E-state index contributed by atoms with van der Waals surface area (Å²) in [7, 11) is 0.988. The predicted molar refractivity (Wildman–Crippen MR) is 111 cm³/mol. The molecule has 1 aliphatic heterocycles. The van der Waals surface area contributed by atoms with E-state index in [0.29, 0.717) is 15.7 Å². The molecule has 4 rings (SSSR count). The van der Waals surface area contributed by atoms with Gasteiger partial charge >= 0.3 is 12.1 Å². The summed E-state index contributed by atoms with van der Waals surface area (Å²) in [6, 6.07) is 4.26. The summed E-state index contributed by atoms with van der Waals surface area (Å²) in [6.45, 7) is 3.74. The topological polar surface area (TPSA) is 84.2 Å². The molecule has 2 aromatic heterocycles. The number of fused-ring (bicyclic) bond motifs is 1. The molecule has 0 aliphatic carbocycles. The van der Waals surface area contributed by atoms with Gasteiger partial charge in [-0.3, -0.25) is 14.5 Å². The van der Waals surface area contributed by atoms with Gasteiger partial charge in [0.2, 0.25) is 0 Å². The summed E-state index contributed by atoms with van der Waals surface area (Å²) in [5.74, 6) is -2.47. The van der Waals surface area contributed by atoms with Gasteiger partial charge in [-0.25, -0.2) is 14.4 Å². The van der Waals surface area contributed by atoms with Crippen LogP contribution < -0.4 is 4.90 Å². The Labute approximate surface area is 189 Å². The molecule has 1 aliphatic rings. The van der Waals surface area contributed by atoms with Crippen LogP contribution in [0.15, 0.2) is 24.3 Å². The number of hydrogen-bond acceptors (Lipinski definition) is 6. The monoisotopic (exact) mass is 482 g/mol. The first-order valence-corrected chi connectivity index (χ1v) is 10.6. The summed E-state index contributed by atoms with van der Waals surface area (Å²) in [6.07, 6.45) is -5.10. The highest BCUT2D eigenvalue weighted by molar-refractivity contribution is 7.09. The number of hydrogen-bond donors (Lipinski definition) is 0. The van der Waals surface area contributed by atoms with Crippen LogP contribution in [-0.2, 0) is 11.3 Å². The third kappa shape index (κ3) is 4.08. The molecule has 8 nitrogen and oxygen atoms in total. The number of nitrogens with zero attached hydrogens (tertiary/aromatic N) is 6. The molecule has 0 fully saturated rings. The summed E-state index contributed by atoms with van der Waals surface area (Å²) in [5, 5.41) is 0.387. The number of aromatic nitrogens is 4. The van der Waals surface area contributed by atoms with Gasteiger partial charge in [0.15, 0.2) is 16.6 Å². The van der Waals surface area contributed by atoms with Gasteiger partial charge in [0.25, 0.3) is 5.91 Å². The summed E-state index contributed by atoms with van der Waals surface area (Å²) in [5.41, 5.74) is 0.497. The van der Waals surface area contributed by atoms with Crippen LogP contribution in [-0.4, -0.2) is 55.4 Å². The molecule has 174 valence electrons. The number of carbonyl (C=O) groups is 2. The zero-order valence-electron chi connectivity index (χ0n) is 17.7. The first kappa shape index (κ1) is 22.8. The van der Waals surface area contributed by atoms with Gasteiger partial charge in [-0.2, -0.15) is 17.5 Å². The maximum atomic E-state index is 13.3. The minimum Gasteiger partial charge on any atom is -0.328 e. The average Bonchev–Trinajstić information content (AvgIpc) is 3.36. The maximum Gasteiger partial charge on any atom is 0.471 e. The highest BCUT2D eigenvalue weighted by atomic mass is 32.1. The van der Waals surface area contributed by atoms with Crippen molar-refractivity contribution in [2.24, 2.45) is 0 Å². The molecule has 0 spiro atoms. The van der Waals surface area contributed by atoms with Crippen molar-refractivity contribution in [3.8, 4) is 10.8 Å². The number of anilines is 1. The number of alkyl halides is 3. The van der Waals surface area contributed by atoms with Crippen molar-refractivity contribution in [1.29, 1.82) is 0 Å². The minimum atomic E-state index is -5.10. The number of benzene rings is 1. The Bertz CT molecular complexity index is 1220. The lowest BCUT2D eigenvalue weighted by molar-refractivity contribution is -0.170. The third-order valence-corrected chi connectivity index (χ3v) is 6.15. The van der Waals surface area contributed by atoms with Gasteiger partial charge in [-0.05, 0) is 49.6 Å². The molecule has 1 atom stereocenters. The summed E-state index contributed by atoms with van der Waals surface area (Å²) in [4.78, 5) is 35.6. The van der Waals surface area contributed by atoms with E-state index in [2.05, 4.69) is 14.3 Å². The third-order valence-electron chi connectivity index (χ3n) is 5.35. The number of aryl methyl sites for hydroxylation is 1. The van der Waals surface area contributed by atoms with E-state index in [1.54, 1.807) is 18.4 Å². The smallest absolute Gasteiger partial charge is 0.328 e.